The van der Waals surface area contributed by atoms with Crippen LogP contribution in [0.2, 0.25) is 0 Å². The van der Waals surface area contributed by atoms with Crippen molar-refractivity contribution in [3.8, 4) is 0 Å². The molecule has 0 aromatic heterocycles. The van der Waals surface area contributed by atoms with E-state index in [1.807, 2.05) is 0 Å². The van der Waals surface area contributed by atoms with Crippen molar-refractivity contribution in [1.29, 1.82) is 0 Å². The van der Waals surface area contributed by atoms with Crippen molar-refractivity contribution in [2.75, 3.05) is 5.32 Å². The Morgan fingerprint density at radius 1 is 1.14 bits per heavy atom. The molecule has 0 saturated heterocycles. The Morgan fingerprint density at radius 3 is 2.52 bits per heavy atom. The summed E-state index contributed by atoms with van der Waals surface area (Å²) in [5.74, 6) is -1.07. The molecule has 1 aliphatic rings. The summed E-state index contributed by atoms with van der Waals surface area (Å²) in [5.41, 5.74) is 1.11. The number of benzene rings is 2. The zero-order chi connectivity index (χ0) is 15.0. The lowest BCUT2D eigenvalue weighted by atomic mass is 10.1. The molecule has 0 bridgehead atoms. The number of anilines is 1. The summed E-state index contributed by atoms with van der Waals surface area (Å²) in [6.45, 7) is 0. The van der Waals surface area contributed by atoms with Gasteiger partial charge in [-0.1, -0.05) is 28.1 Å². The van der Waals surface area contributed by atoms with Crippen LogP contribution in [0, 0.1) is 17.6 Å². The molecule has 2 aromatic rings. The predicted octanol–water partition coefficient (Wildman–Crippen LogP) is 4.47. The van der Waals surface area contributed by atoms with E-state index >= 15 is 0 Å². The summed E-state index contributed by atoms with van der Waals surface area (Å²) in [6.07, 6.45) is 0.704. The molecule has 1 saturated carbocycles. The third-order valence-electron chi connectivity index (χ3n) is 3.61. The molecule has 108 valence electrons. The molecule has 0 spiro atoms. The number of carbonyl (C=O) groups is 1. The average Bonchev–Trinajstić information content (AvgIpc) is 3.23. The molecular weight excluding hydrogens is 340 g/mol. The van der Waals surface area contributed by atoms with E-state index in [4.69, 9.17) is 0 Å². The second kappa shape index (κ2) is 5.56. The van der Waals surface area contributed by atoms with Crippen LogP contribution in [0.4, 0.5) is 14.5 Å². The van der Waals surface area contributed by atoms with Gasteiger partial charge in [-0.2, -0.15) is 0 Å². The van der Waals surface area contributed by atoms with Gasteiger partial charge in [0.25, 0.3) is 0 Å². The van der Waals surface area contributed by atoms with Gasteiger partial charge in [0.2, 0.25) is 5.91 Å². The van der Waals surface area contributed by atoms with Crippen LogP contribution in [-0.4, -0.2) is 5.91 Å². The van der Waals surface area contributed by atoms with E-state index < -0.39 is 5.82 Å². The van der Waals surface area contributed by atoms with E-state index in [2.05, 4.69) is 21.2 Å². The van der Waals surface area contributed by atoms with Crippen LogP contribution in [0.15, 0.2) is 46.9 Å². The van der Waals surface area contributed by atoms with E-state index in [1.54, 1.807) is 18.2 Å². The Kier molecular flexibility index (Phi) is 3.76. The molecule has 0 radical (unpaired) electrons. The van der Waals surface area contributed by atoms with Crippen LogP contribution in [0.1, 0.15) is 17.9 Å². The number of hydrogen-bond donors (Lipinski definition) is 1. The Hall–Kier alpha value is -1.75. The number of carbonyl (C=O) groups excluding carboxylic acids is 1. The van der Waals surface area contributed by atoms with Crippen molar-refractivity contribution in [3.05, 3.63) is 64.1 Å². The monoisotopic (exact) mass is 351 g/mol. The minimum atomic E-state index is -0.475. The first-order valence-corrected chi connectivity index (χ1v) is 7.35. The molecule has 21 heavy (non-hydrogen) atoms. The Balaban J connectivity index is 1.66. The highest BCUT2D eigenvalue weighted by atomic mass is 79.9. The van der Waals surface area contributed by atoms with Crippen LogP contribution in [0.3, 0.4) is 0 Å². The molecule has 2 nitrogen and oxygen atoms in total. The van der Waals surface area contributed by atoms with Gasteiger partial charge in [-0.15, -0.1) is 0 Å². The van der Waals surface area contributed by atoms with Gasteiger partial charge >= 0.3 is 0 Å². The summed E-state index contributed by atoms with van der Waals surface area (Å²) in [4.78, 5) is 12.1. The standard InChI is InChI=1S/C16H12BrF2NO/c17-10-3-6-15(14(19)7-10)20-16(21)13-8-12(13)9-1-4-11(18)5-2-9/h1-7,12-13H,8H2,(H,20,21). The lowest BCUT2D eigenvalue weighted by Crippen LogP contribution is -2.15. The highest BCUT2D eigenvalue weighted by Crippen LogP contribution is 2.48. The van der Waals surface area contributed by atoms with Crippen molar-refractivity contribution in [3.63, 3.8) is 0 Å². The fraction of sp³-hybridized carbons (Fsp3) is 0.188. The maximum atomic E-state index is 13.7. The number of nitrogens with one attached hydrogen (secondary N) is 1. The molecule has 0 aliphatic heterocycles. The molecule has 5 heteroatoms. The third-order valence-corrected chi connectivity index (χ3v) is 4.11. The molecular formula is C16H12BrF2NO. The summed E-state index contributed by atoms with van der Waals surface area (Å²) >= 11 is 3.17. The topological polar surface area (TPSA) is 29.1 Å². The van der Waals surface area contributed by atoms with E-state index in [-0.39, 0.29) is 29.2 Å². The normalized spacial score (nSPS) is 20.1. The van der Waals surface area contributed by atoms with Gasteiger partial charge in [0.15, 0.2) is 0 Å². The van der Waals surface area contributed by atoms with Crippen molar-refractivity contribution in [1.82, 2.24) is 0 Å². The van der Waals surface area contributed by atoms with Gasteiger partial charge in [0.05, 0.1) is 5.69 Å². The average molecular weight is 352 g/mol. The van der Waals surface area contributed by atoms with Gasteiger partial charge < -0.3 is 5.32 Å². The fourth-order valence-corrected chi connectivity index (χ4v) is 2.71. The van der Waals surface area contributed by atoms with Crippen LogP contribution in [0.5, 0.6) is 0 Å². The molecule has 2 aromatic carbocycles. The zero-order valence-electron chi connectivity index (χ0n) is 10.9. The maximum absolute atomic E-state index is 13.7. The van der Waals surface area contributed by atoms with E-state index in [0.29, 0.717) is 10.9 Å². The SMILES string of the molecule is O=C(Nc1ccc(Br)cc1F)C1CC1c1ccc(F)cc1. The zero-order valence-corrected chi connectivity index (χ0v) is 12.5. The van der Waals surface area contributed by atoms with E-state index in [9.17, 15) is 13.6 Å². The van der Waals surface area contributed by atoms with Crippen LogP contribution < -0.4 is 5.32 Å². The first-order chi connectivity index (χ1) is 10.0. The van der Waals surface area contributed by atoms with Crippen molar-refractivity contribution in [2.24, 2.45) is 5.92 Å². The van der Waals surface area contributed by atoms with Crippen LogP contribution in [0.25, 0.3) is 0 Å². The molecule has 1 N–H and O–H groups in total. The molecule has 3 rings (SSSR count). The van der Waals surface area contributed by atoms with Gasteiger partial charge in [0, 0.05) is 10.4 Å². The summed E-state index contributed by atoms with van der Waals surface area (Å²) in [6, 6.07) is 10.6. The fourth-order valence-electron chi connectivity index (χ4n) is 2.38. The lowest BCUT2D eigenvalue weighted by Gasteiger charge is -2.06. The van der Waals surface area contributed by atoms with Gasteiger partial charge in [-0.3, -0.25) is 4.79 Å². The Bertz CT molecular complexity index is 687. The summed E-state index contributed by atoms with van der Waals surface area (Å²) in [5, 5.41) is 2.60. The first-order valence-electron chi connectivity index (χ1n) is 6.56. The van der Waals surface area contributed by atoms with Gasteiger partial charge in [-0.25, -0.2) is 8.78 Å². The van der Waals surface area contributed by atoms with Crippen molar-refractivity contribution >= 4 is 27.5 Å². The van der Waals surface area contributed by atoms with Crippen LogP contribution >= 0.6 is 15.9 Å². The third kappa shape index (κ3) is 3.13. The van der Waals surface area contributed by atoms with Gasteiger partial charge in [0.1, 0.15) is 11.6 Å². The minimum Gasteiger partial charge on any atom is -0.323 e. The number of hydrogen-bond acceptors (Lipinski definition) is 1. The smallest absolute Gasteiger partial charge is 0.228 e. The van der Waals surface area contributed by atoms with Gasteiger partial charge in [-0.05, 0) is 48.2 Å². The van der Waals surface area contributed by atoms with Crippen LogP contribution in [-0.2, 0) is 4.79 Å². The largest absolute Gasteiger partial charge is 0.323 e. The van der Waals surface area contributed by atoms with Crippen molar-refractivity contribution < 1.29 is 13.6 Å². The second-order valence-electron chi connectivity index (χ2n) is 5.11. The maximum Gasteiger partial charge on any atom is 0.228 e. The predicted molar refractivity (Wildman–Crippen MR) is 80.0 cm³/mol. The highest BCUT2D eigenvalue weighted by molar-refractivity contribution is 9.10. The molecule has 1 amide bonds. The Morgan fingerprint density at radius 2 is 1.86 bits per heavy atom. The highest BCUT2D eigenvalue weighted by Gasteiger charge is 2.44. The molecule has 0 heterocycles. The molecule has 2 atom stereocenters. The molecule has 2 unspecified atom stereocenters. The number of halogens is 3. The molecule has 1 fully saturated rings. The second-order valence-corrected chi connectivity index (χ2v) is 6.03. The first kappa shape index (κ1) is 14.2. The summed E-state index contributed by atoms with van der Waals surface area (Å²) in [7, 11) is 0. The molecule has 1 aliphatic carbocycles. The minimum absolute atomic E-state index is 0.0871. The summed E-state index contributed by atoms with van der Waals surface area (Å²) < 4.78 is 27.2. The Labute approximate surface area is 129 Å². The number of rotatable bonds is 3. The number of amides is 1. The quantitative estimate of drug-likeness (QED) is 0.868. The van der Waals surface area contributed by atoms with E-state index in [1.165, 1.54) is 24.3 Å². The van der Waals surface area contributed by atoms with Crippen molar-refractivity contribution in [2.45, 2.75) is 12.3 Å². The van der Waals surface area contributed by atoms with E-state index in [0.717, 1.165) is 5.56 Å². The lowest BCUT2D eigenvalue weighted by molar-refractivity contribution is -0.117.